The van der Waals surface area contributed by atoms with Crippen molar-refractivity contribution in [3.63, 3.8) is 0 Å². The number of amides is 1. The first kappa shape index (κ1) is 11.3. The van der Waals surface area contributed by atoms with Gasteiger partial charge in [0.2, 0.25) is 5.91 Å². The molecule has 0 aliphatic heterocycles. The number of rotatable bonds is 5. The molecule has 0 fully saturated rings. The van der Waals surface area contributed by atoms with Crippen molar-refractivity contribution in [2.45, 2.75) is 26.3 Å². The molecule has 0 spiro atoms. The van der Waals surface area contributed by atoms with Gasteiger partial charge in [-0.2, -0.15) is 0 Å². The molecule has 0 aromatic rings. The highest BCUT2D eigenvalue weighted by atomic mass is 19.3. The van der Waals surface area contributed by atoms with Crippen LogP contribution in [0.5, 0.6) is 0 Å². The molecule has 0 bridgehead atoms. The van der Waals surface area contributed by atoms with Gasteiger partial charge in [-0.25, -0.2) is 8.78 Å². The van der Waals surface area contributed by atoms with E-state index < -0.39 is 24.9 Å². The number of halogens is 2. The molecule has 0 rings (SSSR count). The van der Waals surface area contributed by atoms with Crippen LogP contribution in [0.1, 0.15) is 13.8 Å². The third kappa shape index (κ3) is 4.23. The van der Waals surface area contributed by atoms with Crippen LogP contribution in [0, 0.1) is 5.92 Å². The summed E-state index contributed by atoms with van der Waals surface area (Å²) >= 11 is 0. The Morgan fingerprint density at radius 3 is 2.25 bits per heavy atom. The second kappa shape index (κ2) is 5.03. The molecule has 0 aromatic heterocycles. The quantitative estimate of drug-likeness (QED) is 0.641. The van der Waals surface area contributed by atoms with Crippen LogP contribution in [0.15, 0.2) is 0 Å². The van der Waals surface area contributed by atoms with E-state index in [1.165, 1.54) is 0 Å². The number of nitrogens with two attached hydrogens (primary N) is 1. The van der Waals surface area contributed by atoms with E-state index >= 15 is 0 Å². The minimum atomic E-state index is -2.45. The summed E-state index contributed by atoms with van der Waals surface area (Å²) < 4.78 is 23.4. The van der Waals surface area contributed by atoms with Crippen molar-refractivity contribution >= 4 is 5.91 Å². The second-order valence-corrected chi connectivity index (χ2v) is 2.92. The zero-order valence-electron chi connectivity index (χ0n) is 7.18. The molecule has 1 atom stereocenters. The summed E-state index contributed by atoms with van der Waals surface area (Å²) in [7, 11) is 0. The van der Waals surface area contributed by atoms with E-state index in [1.807, 2.05) is 0 Å². The van der Waals surface area contributed by atoms with Crippen LogP contribution in [0.3, 0.4) is 0 Å². The molecule has 5 heteroatoms. The number of carbonyl (C=O) groups is 1. The van der Waals surface area contributed by atoms with Crippen molar-refractivity contribution in [1.29, 1.82) is 0 Å². The van der Waals surface area contributed by atoms with Gasteiger partial charge < -0.3 is 11.1 Å². The largest absolute Gasteiger partial charge is 0.368 e. The van der Waals surface area contributed by atoms with Gasteiger partial charge in [-0.15, -0.1) is 0 Å². The standard InChI is InChI=1S/C7H14F2N2O/c1-4(2)6(7(10)12)11-3-5(8)9/h4-6,11H,3H2,1-2H3,(H2,10,12). The van der Waals surface area contributed by atoms with Gasteiger partial charge >= 0.3 is 0 Å². The highest BCUT2D eigenvalue weighted by molar-refractivity contribution is 5.80. The second-order valence-electron chi connectivity index (χ2n) is 2.92. The van der Waals surface area contributed by atoms with Crippen LogP contribution in [0.25, 0.3) is 0 Å². The minimum Gasteiger partial charge on any atom is -0.368 e. The molecule has 3 N–H and O–H groups in total. The smallest absolute Gasteiger partial charge is 0.250 e. The first-order valence-electron chi connectivity index (χ1n) is 3.76. The molecular formula is C7H14F2N2O. The first-order chi connectivity index (χ1) is 5.45. The number of hydrogen-bond acceptors (Lipinski definition) is 2. The van der Waals surface area contributed by atoms with Gasteiger partial charge in [0.1, 0.15) is 0 Å². The number of primary amides is 1. The first-order valence-corrected chi connectivity index (χ1v) is 3.76. The van der Waals surface area contributed by atoms with E-state index in [1.54, 1.807) is 13.8 Å². The Kier molecular flexibility index (Phi) is 4.73. The molecule has 0 saturated carbocycles. The van der Waals surface area contributed by atoms with Crippen molar-refractivity contribution in [1.82, 2.24) is 5.32 Å². The van der Waals surface area contributed by atoms with Crippen LogP contribution >= 0.6 is 0 Å². The van der Waals surface area contributed by atoms with Gasteiger partial charge in [0.15, 0.2) is 0 Å². The topological polar surface area (TPSA) is 55.1 Å². The Bertz CT molecular complexity index is 150. The molecule has 0 aromatic carbocycles. The maximum absolute atomic E-state index is 11.7. The highest BCUT2D eigenvalue weighted by Gasteiger charge is 2.19. The summed E-state index contributed by atoms with van der Waals surface area (Å²) in [5.41, 5.74) is 4.98. The molecule has 0 heterocycles. The van der Waals surface area contributed by atoms with E-state index in [2.05, 4.69) is 5.32 Å². The van der Waals surface area contributed by atoms with E-state index in [4.69, 9.17) is 5.73 Å². The molecule has 72 valence electrons. The Balaban J connectivity index is 3.88. The maximum Gasteiger partial charge on any atom is 0.250 e. The number of nitrogens with one attached hydrogen (secondary N) is 1. The summed E-state index contributed by atoms with van der Waals surface area (Å²) in [5.74, 6) is -0.660. The van der Waals surface area contributed by atoms with E-state index in [0.717, 1.165) is 0 Å². The maximum atomic E-state index is 11.7. The molecule has 1 unspecified atom stereocenters. The van der Waals surface area contributed by atoms with Gasteiger partial charge in [-0.3, -0.25) is 4.79 Å². The fourth-order valence-electron chi connectivity index (χ4n) is 0.881. The van der Waals surface area contributed by atoms with Gasteiger partial charge in [-0.1, -0.05) is 13.8 Å². The average molecular weight is 180 g/mol. The molecule has 3 nitrogen and oxygen atoms in total. The molecule has 0 radical (unpaired) electrons. The summed E-state index contributed by atoms with van der Waals surface area (Å²) in [6, 6.07) is -0.668. The van der Waals surface area contributed by atoms with Crippen molar-refractivity contribution in [3.8, 4) is 0 Å². The van der Waals surface area contributed by atoms with E-state index in [-0.39, 0.29) is 5.92 Å². The monoisotopic (exact) mass is 180 g/mol. The van der Waals surface area contributed by atoms with Crippen molar-refractivity contribution in [2.75, 3.05) is 6.54 Å². The molecule has 0 saturated heterocycles. The van der Waals surface area contributed by atoms with Crippen LogP contribution < -0.4 is 11.1 Å². The van der Waals surface area contributed by atoms with Gasteiger partial charge in [-0.05, 0) is 5.92 Å². The van der Waals surface area contributed by atoms with Gasteiger partial charge in [0, 0.05) is 0 Å². The Morgan fingerprint density at radius 1 is 1.50 bits per heavy atom. The third-order valence-electron chi connectivity index (χ3n) is 1.47. The Labute approximate surface area is 70.3 Å². The minimum absolute atomic E-state index is 0.0683. The summed E-state index contributed by atoms with van der Waals surface area (Å²) in [6.45, 7) is 2.99. The number of alkyl halides is 2. The SMILES string of the molecule is CC(C)C(NCC(F)F)C(N)=O. The number of hydrogen-bond donors (Lipinski definition) is 2. The zero-order valence-corrected chi connectivity index (χ0v) is 7.18. The van der Waals surface area contributed by atoms with Crippen LogP contribution in [0.2, 0.25) is 0 Å². The summed E-state index contributed by atoms with van der Waals surface area (Å²) in [6.07, 6.45) is -2.45. The zero-order chi connectivity index (χ0) is 9.72. The molecular weight excluding hydrogens is 166 g/mol. The van der Waals surface area contributed by atoms with Crippen LogP contribution in [-0.2, 0) is 4.79 Å². The molecule has 12 heavy (non-hydrogen) atoms. The van der Waals surface area contributed by atoms with Gasteiger partial charge in [0.25, 0.3) is 6.43 Å². The van der Waals surface area contributed by atoms with Gasteiger partial charge in [0.05, 0.1) is 12.6 Å². The lowest BCUT2D eigenvalue weighted by Crippen LogP contribution is -2.46. The number of carbonyl (C=O) groups excluding carboxylic acids is 1. The predicted octanol–water partition coefficient (Wildman–Crippen LogP) is 0.351. The Hall–Kier alpha value is -0.710. The third-order valence-corrected chi connectivity index (χ3v) is 1.47. The van der Waals surface area contributed by atoms with Crippen molar-refractivity contribution < 1.29 is 13.6 Å². The highest BCUT2D eigenvalue weighted by Crippen LogP contribution is 2.01. The van der Waals surface area contributed by atoms with E-state index in [0.29, 0.717) is 0 Å². The fraction of sp³-hybridized carbons (Fsp3) is 0.857. The lowest BCUT2D eigenvalue weighted by Gasteiger charge is -2.18. The average Bonchev–Trinajstić information content (AvgIpc) is 1.84. The molecule has 0 aliphatic rings. The van der Waals surface area contributed by atoms with Crippen molar-refractivity contribution in [3.05, 3.63) is 0 Å². The lowest BCUT2D eigenvalue weighted by atomic mass is 10.0. The molecule has 1 amide bonds. The van der Waals surface area contributed by atoms with Crippen LogP contribution in [0.4, 0.5) is 8.78 Å². The molecule has 0 aliphatic carbocycles. The normalized spacial score (nSPS) is 13.8. The van der Waals surface area contributed by atoms with E-state index in [9.17, 15) is 13.6 Å². The van der Waals surface area contributed by atoms with Crippen LogP contribution in [-0.4, -0.2) is 24.9 Å². The summed E-state index contributed by atoms with van der Waals surface area (Å²) in [5, 5.41) is 2.39. The Morgan fingerprint density at radius 2 is 2.00 bits per heavy atom. The summed E-state index contributed by atoms with van der Waals surface area (Å²) in [4.78, 5) is 10.7. The predicted molar refractivity (Wildman–Crippen MR) is 41.8 cm³/mol. The van der Waals surface area contributed by atoms with Crippen molar-refractivity contribution in [2.24, 2.45) is 11.7 Å². The lowest BCUT2D eigenvalue weighted by molar-refractivity contribution is -0.121. The fourth-order valence-corrected chi connectivity index (χ4v) is 0.881.